The second-order valence-corrected chi connectivity index (χ2v) is 10.1. The van der Waals surface area contributed by atoms with Gasteiger partial charge in [0.25, 0.3) is 0 Å². The summed E-state index contributed by atoms with van der Waals surface area (Å²) in [5, 5.41) is 3.57. The molecule has 0 aliphatic rings. The minimum absolute atomic E-state index is 0.225. The van der Waals surface area contributed by atoms with E-state index in [0.29, 0.717) is 5.02 Å². The number of carbonyl (C=O) groups is 1. The van der Waals surface area contributed by atoms with Gasteiger partial charge in [0, 0.05) is 32.7 Å². The van der Waals surface area contributed by atoms with Gasteiger partial charge in [-0.25, -0.2) is 8.42 Å². The molecule has 1 heterocycles. The third-order valence-corrected chi connectivity index (χ3v) is 6.87. The van der Waals surface area contributed by atoms with Crippen LogP contribution in [0.5, 0.6) is 0 Å². The topological polar surface area (TPSA) is 63.2 Å². The molecular weight excluding hydrogens is 426 g/mol. The summed E-state index contributed by atoms with van der Waals surface area (Å²) in [6, 6.07) is 17.8. The first-order chi connectivity index (χ1) is 13.7. The molecule has 4 nitrogen and oxygen atoms in total. The van der Waals surface area contributed by atoms with Crippen molar-refractivity contribution in [3.05, 3.63) is 82.2 Å². The molecule has 2 aromatic carbocycles. The molecule has 0 bridgehead atoms. The van der Waals surface area contributed by atoms with Crippen molar-refractivity contribution < 1.29 is 13.2 Å². The summed E-state index contributed by atoms with van der Waals surface area (Å²) in [4.78, 5) is 14.5. The number of hydrogen-bond acceptors (Lipinski definition) is 4. The molecule has 1 amide bonds. The van der Waals surface area contributed by atoms with E-state index >= 15 is 0 Å². The van der Waals surface area contributed by atoms with Gasteiger partial charge in [-0.05, 0) is 48.9 Å². The Kier molecular flexibility index (Phi) is 6.57. The van der Waals surface area contributed by atoms with Crippen LogP contribution in [0.2, 0.25) is 5.02 Å². The molecule has 3 rings (SSSR count). The number of hydrogen-bond donors (Lipinski definition) is 1. The van der Waals surface area contributed by atoms with Crippen molar-refractivity contribution in [3.8, 4) is 10.4 Å². The average Bonchev–Trinajstić information content (AvgIpc) is 3.15. The molecule has 7 heteroatoms. The third kappa shape index (κ3) is 5.56. The first-order valence-electron chi connectivity index (χ1n) is 8.87. The van der Waals surface area contributed by atoms with Crippen LogP contribution in [-0.4, -0.2) is 20.6 Å². The normalized spacial score (nSPS) is 12.8. The van der Waals surface area contributed by atoms with E-state index in [0.717, 1.165) is 20.9 Å². The zero-order valence-corrected chi connectivity index (χ0v) is 18.3. The maximum absolute atomic E-state index is 12.2. The van der Waals surface area contributed by atoms with Crippen molar-refractivity contribution in [1.82, 2.24) is 5.32 Å². The Bertz CT molecular complexity index is 1150. The third-order valence-electron chi connectivity index (χ3n) is 4.33. The molecular formula is C22H20ClNO3S2. The van der Waals surface area contributed by atoms with Gasteiger partial charge in [0.15, 0.2) is 9.84 Å². The van der Waals surface area contributed by atoms with Crippen molar-refractivity contribution >= 4 is 44.8 Å². The molecule has 0 radical (unpaired) electrons. The number of sulfone groups is 1. The van der Waals surface area contributed by atoms with Crippen molar-refractivity contribution in [2.45, 2.75) is 17.9 Å². The minimum Gasteiger partial charge on any atom is -0.346 e. The molecule has 0 spiro atoms. The quantitative estimate of drug-likeness (QED) is 0.519. The van der Waals surface area contributed by atoms with Crippen molar-refractivity contribution in [2.75, 3.05) is 6.26 Å². The number of carbonyl (C=O) groups excluding carboxylic acids is 1. The number of halogens is 1. The van der Waals surface area contributed by atoms with Gasteiger partial charge in [-0.3, -0.25) is 4.79 Å². The molecule has 0 aliphatic heterocycles. The molecule has 1 N–H and O–H groups in total. The lowest BCUT2D eigenvalue weighted by atomic mass is 10.1. The number of nitrogens with one attached hydrogen (secondary N) is 1. The maximum atomic E-state index is 12.2. The fourth-order valence-corrected chi connectivity index (χ4v) is 4.63. The Labute approximate surface area is 179 Å². The van der Waals surface area contributed by atoms with Gasteiger partial charge in [-0.15, -0.1) is 11.3 Å². The summed E-state index contributed by atoms with van der Waals surface area (Å²) < 4.78 is 23.1. The number of thiophene rings is 1. The molecule has 3 aromatic rings. The zero-order chi connectivity index (χ0) is 21.0. The van der Waals surface area contributed by atoms with Crippen LogP contribution in [0.25, 0.3) is 16.5 Å². The maximum Gasteiger partial charge on any atom is 0.244 e. The van der Waals surface area contributed by atoms with Crippen LogP contribution >= 0.6 is 22.9 Å². The zero-order valence-electron chi connectivity index (χ0n) is 15.9. The van der Waals surface area contributed by atoms with Crippen LogP contribution in [0.15, 0.2) is 71.6 Å². The molecule has 0 fully saturated rings. The highest BCUT2D eigenvalue weighted by Gasteiger charge is 2.11. The Balaban J connectivity index is 1.63. The highest BCUT2D eigenvalue weighted by Crippen LogP contribution is 2.33. The molecule has 1 aromatic heterocycles. The van der Waals surface area contributed by atoms with Crippen molar-refractivity contribution in [3.63, 3.8) is 0 Å². The SMILES string of the molecule is CC(NC(=O)/C=C/c1ccc(-c2ccccc2Cl)s1)c1ccc(S(C)(=O)=O)cc1. The fraction of sp³-hybridized carbons (Fsp3) is 0.136. The molecule has 1 atom stereocenters. The molecule has 150 valence electrons. The van der Waals surface area contributed by atoms with Crippen LogP contribution in [-0.2, 0) is 14.6 Å². The van der Waals surface area contributed by atoms with Gasteiger partial charge in [-0.2, -0.15) is 0 Å². The van der Waals surface area contributed by atoms with Crippen LogP contribution in [0, 0.1) is 0 Å². The Hall–Kier alpha value is -2.41. The largest absolute Gasteiger partial charge is 0.346 e. The van der Waals surface area contributed by atoms with E-state index in [4.69, 9.17) is 11.6 Å². The van der Waals surface area contributed by atoms with E-state index < -0.39 is 9.84 Å². The van der Waals surface area contributed by atoms with Gasteiger partial charge in [-0.1, -0.05) is 41.9 Å². The molecule has 0 saturated carbocycles. The van der Waals surface area contributed by atoms with Crippen LogP contribution in [0.1, 0.15) is 23.4 Å². The molecule has 29 heavy (non-hydrogen) atoms. The lowest BCUT2D eigenvalue weighted by Crippen LogP contribution is -2.24. The highest BCUT2D eigenvalue weighted by molar-refractivity contribution is 7.90. The molecule has 0 aliphatic carbocycles. The Morgan fingerprint density at radius 3 is 2.41 bits per heavy atom. The Morgan fingerprint density at radius 1 is 1.07 bits per heavy atom. The summed E-state index contributed by atoms with van der Waals surface area (Å²) in [7, 11) is -3.23. The van der Waals surface area contributed by atoms with E-state index in [2.05, 4.69) is 5.32 Å². The van der Waals surface area contributed by atoms with Gasteiger partial charge in [0.05, 0.1) is 10.9 Å². The first kappa shape index (κ1) is 21.3. The summed E-state index contributed by atoms with van der Waals surface area (Å²) in [6.07, 6.45) is 4.42. The average molecular weight is 446 g/mol. The van der Waals surface area contributed by atoms with E-state index in [1.807, 2.05) is 43.3 Å². The van der Waals surface area contributed by atoms with E-state index in [1.54, 1.807) is 41.7 Å². The predicted molar refractivity (Wildman–Crippen MR) is 120 cm³/mol. The fourth-order valence-electron chi connectivity index (χ4n) is 2.75. The monoisotopic (exact) mass is 445 g/mol. The van der Waals surface area contributed by atoms with E-state index in [9.17, 15) is 13.2 Å². The second kappa shape index (κ2) is 8.95. The van der Waals surface area contributed by atoms with Gasteiger partial charge in [0.2, 0.25) is 5.91 Å². The Morgan fingerprint density at radius 2 is 1.76 bits per heavy atom. The highest BCUT2D eigenvalue weighted by atomic mass is 35.5. The molecule has 0 saturated heterocycles. The van der Waals surface area contributed by atoms with Gasteiger partial charge >= 0.3 is 0 Å². The predicted octanol–water partition coefficient (Wildman–Crippen LogP) is 5.36. The molecule has 1 unspecified atom stereocenters. The van der Waals surface area contributed by atoms with Crippen molar-refractivity contribution in [2.24, 2.45) is 0 Å². The lowest BCUT2D eigenvalue weighted by Gasteiger charge is -2.13. The van der Waals surface area contributed by atoms with Crippen LogP contribution in [0.4, 0.5) is 0 Å². The summed E-state index contributed by atoms with van der Waals surface area (Å²) in [6.45, 7) is 1.85. The summed E-state index contributed by atoms with van der Waals surface area (Å²) in [5.41, 5.74) is 1.80. The number of benzene rings is 2. The second-order valence-electron chi connectivity index (χ2n) is 6.59. The van der Waals surface area contributed by atoms with Crippen LogP contribution in [0.3, 0.4) is 0 Å². The first-order valence-corrected chi connectivity index (χ1v) is 12.0. The summed E-state index contributed by atoms with van der Waals surface area (Å²) in [5.74, 6) is -0.225. The van der Waals surface area contributed by atoms with Gasteiger partial charge in [0.1, 0.15) is 0 Å². The van der Waals surface area contributed by atoms with Gasteiger partial charge < -0.3 is 5.32 Å². The number of amides is 1. The van der Waals surface area contributed by atoms with Crippen molar-refractivity contribution in [1.29, 1.82) is 0 Å². The van der Waals surface area contributed by atoms with E-state index in [1.165, 1.54) is 12.3 Å². The van der Waals surface area contributed by atoms with Crippen LogP contribution < -0.4 is 5.32 Å². The lowest BCUT2D eigenvalue weighted by molar-refractivity contribution is -0.117. The smallest absolute Gasteiger partial charge is 0.244 e. The standard InChI is InChI=1S/C22H20ClNO3S2/c1-15(16-7-11-18(12-8-16)29(2,26)27)24-22(25)14-10-17-9-13-21(28-17)19-5-3-4-6-20(19)23/h3-15H,1-2H3,(H,24,25)/b14-10+. The minimum atomic E-state index is -3.23. The summed E-state index contributed by atoms with van der Waals surface area (Å²) >= 11 is 7.79. The number of rotatable bonds is 6. The van der Waals surface area contributed by atoms with E-state index in [-0.39, 0.29) is 16.8 Å².